The first-order valence-electron chi connectivity index (χ1n) is 10.6. The minimum absolute atomic E-state index is 0.0119. The zero-order chi connectivity index (χ0) is 22.6. The van der Waals surface area contributed by atoms with Crippen molar-refractivity contribution in [3.05, 3.63) is 95.3 Å². The average molecular weight is 477 g/mol. The highest BCUT2D eigenvalue weighted by Gasteiger charge is 2.25. The Hall–Kier alpha value is -3.23. The first-order valence-corrected chi connectivity index (χ1v) is 12.4. The second-order valence-electron chi connectivity index (χ2n) is 7.63. The minimum atomic E-state index is -0.257. The summed E-state index contributed by atoms with van der Waals surface area (Å²) in [6, 6.07) is 22.5. The number of anilines is 3. The zero-order valence-electron chi connectivity index (χ0n) is 17.7. The van der Waals surface area contributed by atoms with Gasteiger partial charge in [0.25, 0.3) is 0 Å². The highest BCUT2D eigenvalue weighted by molar-refractivity contribution is 8.01. The molecule has 0 radical (unpaired) electrons. The van der Waals surface area contributed by atoms with Gasteiger partial charge in [0.1, 0.15) is 5.82 Å². The fraction of sp³-hybridized carbons (Fsp3) is 0.160. The van der Waals surface area contributed by atoms with Gasteiger partial charge in [0, 0.05) is 6.54 Å². The number of halogens is 1. The molecule has 5 nitrogen and oxygen atoms in total. The van der Waals surface area contributed by atoms with Crippen LogP contribution in [0.15, 0.2) is 77.1 Å². The number of nitrogens with one attached hydrogen (secondary N) is 1. The van der Waals surface area contributed by atoms with E-state index >= 15 is 0 Å². The molecule has 1 N–H and O–H groups in total. The minimum Gasteiger partial charge on any atom is -0.356 e. The molecule has 0 unspecified atom stereocenters. The first-order chi connectivity index (χ1) is 16.2. The summed E-state index contributed by atoms with van der Waals surface area (Å²) in [4.78, 5) is 15.3. The van der Waals surface area contributed by atoms with Gasteiger partial charge in [0.2, 0.25) is 11.0 Å². The van der Waals surface area contributed by atoms with Crippen LogP contribution in [-0.4, -0.2) is 21.9 Å². The van der Waals surface area contributed by atoms with Crippen molar-refractivity contribution in [1.29, 1.82) is 0 Å². The number of thioether (sulfide) groups is 1. The molecule has 0 spiro atoms. The Balaban J connectivity index is 1.27. The summed E-state index contributed by atoms with van der Waals surface area (Å²) in [6.45, 7) is 0.528. The number of carbonyl (C=O) groups excluding carboxylic acids is 1. The van der Waals surface area contributed by atoms with E-state index in [1.165, 1.54) is 46.4 Å². The molecule has 0 saturated carbocycles. The predicted molar refractivity (Wildman–Crippen MR) is 132 cm³/mol. The molecule has 166 valence electrons. The molecule has 1 aliphatic rings. The van der Waals surface area contributed by atoms with E-state index in [0.717, 1.165) is 34.1 Å². The molecule has 1 amide bonds. The number of carbonyl (C=O) groups is 1. The molecular formula is C25H21FN4OS2. The van der Waals surface area contributed by atoms with E-state index < -0.39 is 0 Å². The maximum Gasteiger partial charge on any atom is 0.242 e. The Morgan fingerprint density at radius 2 is 1.58 bits per heavy atom. The average Bonchev–Trinajstić information content (AvgIpc) is 3.23. The van der Waals surface area contributed by atoms with E-state index in [1.807, 2.05) is 41.3 Å². The zero-order valence-corrected chi connectivity index (χ0v) is 19.3. The maximum atomic E-state index is 13.4. The maximum absolute atomic E-state index is 13.4. The lowest BCUT2D eigenvalue weighted by atomic mass is 10.0. The normalized spacial score (nSPS) is 12.6. The molecule has 0 bridgehead atoms. The van der Waals surface area contributed by atoms with E-state index in [4.69, 9.17) is 0 Å². The largest absolute Gasteiger partial charge is 0.356 e. The van der Waals surface area contributed by atoms with Crippen LogP contribution in [0, 0.1) is 5.82 Å². The van der Waals surface area contributed by atoms with Crippen molar-refractivity contribution >= 4 is 45.5 Å². The lowest BCUT2D eigenvalue weighted by molar-refractivity contribution is -0.115. The molecule has 0 aliphatic carbocycles. The standard InChI is InChI=1S/C25H21FN4OS2/c26-20-13-9-17(10-14-20)15-27-24-28-29-25(33-24)32-16-23(31)30-21-7-3-1-5-18(21)11-12-19-6-2-4-8-22(19)30/h1-10,13-14H,11-12,15-16H2,(H,27,28). The van der Waals surface area contributed by atoms with Crippen molar-refractivity contribution in [2.24, 2.45) is 0 Å². The molecule has 1 aromatic heterocycles. The summed E-state index contributed by atoms with van der Waals surface area (Å²) in [5.41, 5.74) is 5.21. The number of fused-ring (bicyclic) bond motifs is 2. The Kier molecular flexibility index (Phi) is 6.37. The number of hydrogen-bond donors (Lipinski definition) is 1. The third-order valence-electron chi connectivity index (χ3n) is 5.46. The van der Waals surface area contributed by atoms with E-state index in [2.05, 4.69) is 27.6 Å². The SMILES string of the molecule is O=C(CSc1nnc(NCc2ccc(F)cc2)s1)N1c2ccccc2CCc2ccccc21. The number of benzene rings is 3. The fourth-order valence-electron chi connectivity index (χ4n) is 3.86. The summed E-state index contributed by atoms with van der Waals surface area (Å²) in [7, 11) is 0. The molecule has 0 fully saturated rings. The summed E-state index contributed by atoms with van der Waals surface area (Å²) < 4.78 is 13.8. The molecular weight excluding hydrogens is 455 g/mol. The number of aromatic nitrogens is 2. The van der Waals surface area contributed by atoms with Crippen LogP contribution in [-0.2, 0) is 24.2 Å². The van der Waals surface area contributed by atoms with Crippen LogP contribution in [0.3, 0.4) is 0 Å². The van der Waals surface area contributed by atoms with Gasteiger partial charge in [-0.15, -0.1) is 10.2 Å². The first kappa shape index (κ1) is 21.6. The Morgan fingerprint density at radius 1 is 0.939 bits per heavy atom. The Morgan fingerprint density at radius 3 is 2.24 bits per heavy atom. The molecule has 33 heavy (non-hydrogen) atoms. The van der Waals surface area contributed by atoms with E-state index in [9.17, 15) is 9.18 Å². The van der Waals surface area contributed by atoms with E-state index in [1.54, 1.807) is 12.1 Å². The van der Waals surface area contributed by atoms with Crippen LogP contribution < -0.4 is 10.2 Å². The molecule has 4 aromatic rings. The van der Waals surface area contributed by atoms with Gasteiger partial charge in [-0.05, 0) is 53.8 Å². The lowest BCUT2D eigenvalue weighted by Gasteiger charge is -2.24. The monoisotopic (exact) mass is 476 g/mol. The highest BCUT2D eigenvalue weighted by Crippen LogP contribution is 2.37. The van der Waals surface area contributed by atoms with Gasteiger partial charge in [-0.1, -0.05) is 71.6 Å². The fourth-order valence-corrected chi connectivity index (χ4v) is 5.45. The van der Waals surface area contributed by atoms with Gasteiger partial charge in [-0.2, -0.15) is 0 Å². The van der Waals surface area contributed by atoms with Crippen molar-refractivity contribution < 1.29 is 9.18 Å². The van der Waals surface area contributed by atoms with E-state index in [-0.39, 0.29) is 17.5 Å². The second-order valence-corrected chi connectivity index (χ2v) is 9.83. The van der Waals surface area contributed by atoms with Crippen LogP contribution in [0.4, 0.5) is 20.9 Å². The molecule has 8 heteroatoms. The molecule has 3 aromatic carbocycles. The van der Waals surface area contributed by atoms with Crippen LogP contribution in [0.5, 0.6) is 0 Å². The van der Waals surface area contributed by atoms with Crippen molar-refractivity contribution in [1.82, 2.24) is 10.2 Å². The molecule has 0 atom stereocenters. The van der Waals surface area contributed by atoms with Gasteiger partial charge in [0.05, 0.1) is 17.1 Å². The van der Waals surface area contributed by atoms with Crippen LogP contribution >= 0.6 is 23.1 Å². The summed E-state index contributed by atoms with van der Waals surface area (Å²) >= 11 is 2.79. The second kappa shape index (κ2) is 9.72. The number of nitrogens with zero attached hydrogens (tertiary/aromatic N) is 3. The van der Waals surface area contributed by atoms with Crippen LogP contribution in [0.2, 0.25) is 0 Å². The van der Waals surface area contributed by atoms with Gasteiger partial charge >= 0.3 is 0 Å². The van der Waals surface area contributed by atoms with Crippen molar-refractivity contribution in [3.63, 3.8) is 0 Å². The summed E-state index contributed by atoms with van der Waals surface area (Å²) in [5.74, 6) is 0.0143. The van der Waals surface area contributed by atoms with Gasteiger partial charge < -0.3 is 5.32 Å². The van der Waals surface area contributed by atoms with Crippen molar-refractivity contribution in [2.45, 2.75) is 23.7 Å². The van der Waals surface area contributed by atoms with Gasteiger partial charge in [0.15, 0.2) is 4.34 Å². The van der Waals surface area contributed by atoms with Gasteiger partial charge in [-0.3, -0.25) is 9.69 Å². The molecule has 2 heterocycles. The van der Waals surface area contributed by atoms with Gasteiger partial charge in [-0.25, -0.2) is 4.39 Å². The number of rotatable bonds is 6. The summed E-state index contributed by atoms with van der Waals surface area (Å²) in [6.07, 6.45) is 1.81. The van der Waals surface area contributed by atoms with Crippen LogP contribution in [0.25, 0.3) is 0 Å². The third kappa shape index (κ3) is 4.91. The Labute approximate surface area is 199 Å². The van der Waals surface area contributed by atoms with E-state index in [0.29, 0.717) is 11.7 Å². The van der Waals surface area contributed by atoms with Crippen molar-refractivity contribution in [3.8, 4) is 0 Å². The third-order valence-corrected chi connectivity index (χ3v) is 7.46. The quantitative estimate of drug-likeness (QED) is 0.354. The molecule has 1 aliphatic heterocycles. The number of hydrogen-bond acceptors (Lipinski definition) is 6. The molecule has 0 saturated heterocycles. The summed E-state index contributed by atoms with van der Waals surface area (Å²) in [5, 5.41) is 12.2. The topological polar surface area (TPSA) is 58.1 Å². The van der Waals surface area contributed by atoms with Crippen molar-refractivity contribution in [2.75, 3.05) is 16.0 Å². The number of para-hydroxylation sites is 2. The highest BCUT2D eigenvalue weighted by atomic mass is 32.2. The van der Waals surface area contributed by atoms with Crippen LogP contribution in [0.1, 0.15) is 16.7 Å². The smallest absolute Gasteiger partial charge is 0.242 e. The lowest BCUT2D eigenvalue weighted by Crippen LogP contribution is -2.28. The Bertz CT molecular complexity index is 1230. The number of amides is 1. The number of aryl methyl sites for hydroxylation is 2. The predicted octanol–water partition coefficient (Wildman–Crippen LogP) is 5.84. The molecule has 5 rings (SSSR count).